The lowest BCUT2D eigenvalue weighted by Gasteiger charge is -2.40. The van der Waals surface area contributed by atoms with Gasteiger partial charge in [0, 0.05) is 24.2 Å². The van der Waals surface area contributed by atoms with Crippen molar-refractivity contribution in [1.29, 1.82) is 0 Å². The molecule has 0 spiro atoms. The highest BCUT2D eigenvalue weighted by atomic mass is 31.2. The number of rotatable bonds is 15. The first-order valence-electron chi connectivity index (χ1n) is 11.5. The van der Waals surface area contributed by atoms with E-state index in [1.807, 2.05) is 19.0 Å². The Kier molecular flexibility index (Phi) is 11.6. The first-order chi connectivity index (χ1) is 16.7. The summed E-state index contributed by atoms with van der Waals surface area (Å²) < 4.78 is 24.3. The van der Waals surface area contributed by atoms with Crippen molar-refractivity contribution < 1.29 is 38.9 Å². The van der Waals surface area contributed by atoms with Crippen LogP contribution in [0.4, 0.5) is 0 Å². The molecule has 2 rings (SSSR count). The zero-order valence-electron chi connectivity index (χ0n) is 20.6. The molecule has 0 amide bonds. The van der Waals surface area contributed by atoms with E-state index in [4.69, 9.17) is 0 Å². The van der Waals surface area contributed by atoms with E-state index in [9.17, 15) is 38.9 Å². The Hall–Kier alpha value is -1.78. The van der Waals surface area contributed by atoms with E-state index in [-0.39, 0.29) is 24.6 Å². The van der Waals surface area contributed by atoms with E-state index >= 15 is 0 Å². The van der Waals surface area contributed by atoms with Gasteiger partial charge in [-0.1, -0.05) is 36.4 Å². The Morgan fingerprint density at radius 1 is 0.722 bits per heavy atom. The predicted octanol–water partition coefficient (Wildman–Crippen LogP) is 2.73. The molecular weight excluding hydrogens is 508 g/mol. The molecule has 2 aromatic carbocycles. The van der Waals surface area contributed by atoms with Crippen LogP contribution in [-0.4, -0.2) is 83.9 Å². The van der Waals surface area contributed by atoms with E-state index in [0.29, 0.717) is 24.0 Å². The molecule has 0 saturated heterocycles. The van der Waals surface area contributed by atoms with Crippen LogP contribution < -0.4 is 0 Å². The molecule has 0 aliphatic rings. The molecule has 0 fully saturated rings. The number of hydrogen-bond acceptors (Lipinski definition) is 7. The summed E-state index contributed by atoms with van der Waals surface area (Å²) in [6.07, 6.45) is -0.471. The molecule has 0 bridgehead atoms. The lowest BCUT2D eigenvalue weighted by atomic mass is 10.1. The van der Waals surface area contributed by atoms with Crippen molar-refractivity contribution >= 4 is 15.2 Å². The molecule has 0 saturated carbocycles. The van der Waals surface area contributed by atoms with Gasteiger partial charge in [-0.05, 0) is 52.0 Å². The molecule has 0 aliphatic carbocycles. The lowest BCUT2D eigenvalue weighted by Crippen LogP contribution is -2.48. The topological polar surface area (TPSA) is 165 Å². The standard InChI is InChI=1S/C23H37N3O8P2/c1-24(2)14-8-7-13-23(25(17-35(29,30)31)15-19-9-3-5-11-21(19)27)26(18-36(32,33)34)16-20-10-4-6-12-22(20)28/h3-6,9-12,23,27-28H,7-8,13-18H2,1-2H3,(H2,29,30,31)(H2,32,33,34). The molecule has 0 aromatic heterocycles. The van der Waals surface area contributed by atoms with Gasteiger partial charge in [0.2, 0.25) is 0 Å². The number of phenols is 2. The highest BCUT2D eigenvalue weighted by Gasteiger charge is 2.34. The van der Waals surface area contributed by atoms with Gasteiger partial charge in [0.05, 0.1) is 6.17 Å². The van der Waals surface area contributed by atoms with Gasteiger partial charge in [0.1, 0.15) is 24.1 Å². The maximum atomic E-state index is 12.1. The van der Waals surface area contributed by atoms with E-state index in [0.717, 1.165) is 13.0 Å². The average molecular weight is 546 g/mol. The molecule has 2 aromatic rings. The van der Waals surface area contributed by atoms with Crippen LogP contribution in [0.25, 0.3) is 0 Å². The highest BCUT2D eigenvalue weighted by Crippen LogP contribution is 2.41. The zero-order chi connectivity index (χ0) is 26.9. The summed E-state index contributed by atoms with van der Waals surface area (Å²) in [5.41, 5.74) is 0.839. The summed E-state index contributed by atoms with van der Waals surface area (Å²) in [5.74, 6) is -0.108. The molecule has 13 heteroatoms. The van der Waals surface area contributed by atoms with Gasteiger partial charge in [-0.25, -0.2) is 0 Å². The SMILES string of the molecule is CN(C)CCCCC(N(Cc1ccccc1O)CP(=O)(O)O)N(Cc1ccccc1O)CP(=O)(O)O. The minimum atomic E-state index is -4.60. The van der Waals surface area contributed by atoms with Crippen molar-refractivity contribution in [2.75, 3.05) is 33.2 Å². The highest BCUT2D eigenvalue weighted by molar-refractivity contribution is 7.51. The number of hydrogen-bond donors (Lipinski definition) is 6. The average Bonchev–Trinajstić information content (AvgIpc) is 2.74. The second-order valence-electron chi connectivity index (χ2n) is 9.14. The lowest BCUT2D eigenvalue weighted by molar-refractivity contribution is 0.0391. The van der Waals surface area contributed by atoms with Crippen molar-refractivity contribution in [2.24, 2.45) is 0 Å². The van der Waals surface area contributed by atoms with Crippen LogP contribution in [0.5, 0.6) is 11.5 Å². The van der Waals surface area contributed by atoms with E-state index in [2.05, 4.69) is 0 Å². The molecule has 11 nitrogen and oxygen atoms in total. The van der Waals surface area contributed by atoms with Gasteiger partial charge in [0.25, 0.3) is 0 Å². The van der Waals surface area contributed by atoms with Gasteiger partial charge in [-0.3, -0.25) is 18.9 Å². The van der Waals surface area contributed by atoms with E-state index in [1.54, 1.807) is 36.4 Å². The van der Waals surface area contributed by atoms with Crippen LogP contribution in [-0.2, 0) is 22.2 Å². The molecule has 0 heterocycles. The van der Waals surface area contributed by atoms with Gasteiger partial charge in [0.15, 0.2) is 0 Å². The summed E-state index contributed by atoms with van der Waals surface area (Å²) >= 11 is 0. The minimum Gasteiger partial charge on any atom is -0.508 e. The number of benzene rings is 2. The molecular formula is C23H37N3O8P2. The number of unbranched alkanes of at least 4 members (excludes halogenated alkanes) is 1. The summed E-state index contributed by atoms with van der Waals surface area (Å²) in [7, 11) is -5.35. The molecule has 36 heavy (non-hydrogen) atoms. The van der Waals surface area contributed by atoms with Crippen LogP contribution in [0.1, 0.15) is 30.4 Å². The third-order valence-corrected chi connectivity index (χ3v) is 7.09. The monoisotopic (exact) mass is 545 g/mol. The molecule has 0 radical (unpaired) electrons. The van der Waals surface area contributed by atoms with Crippen LogP contribution in [0.15, 0.2) is 48.5 Å². The van der Waals surface area contributed by atoms with Crippen molar-refractivity contribution in [3.8, 4) is 11.5 Å². The van der Waals surface area contributed by atoms with Gasteiger partial charge >= 0.3 is 15.2 Å². The minimum absolute atomic E-state index is 0.0539. The molecule has 6 N–H and O–H groups in total. The van der Waals surface area contributed by atoms with Gasteiger partial charge in [-0.15, -0.1) is 0 Å². The van der Waals surface area contributed by atoms with Crippen LogP contribution in [0, 0.1) is 0 Å². The Morgan fingerprint density at radius 3 is 1.50 bits per heavy atom. The third-order valence-electron chi connectivity index (χ3n) is 5.62. The number of para-hydroxylation sites is 2. The summed E-state index contributed by atoms with van der Waals surface area (Å²) in [6, 6.07) is 12.8. The number of nitrogens with zero attached hydrogens (tertiary/aromatic N) is 3. The first-order valence-corrected chi connectivity index (χ1v) is 15.1. The fraction of sp³-hybridized carbons (Fsp3) is 0.478. The van der Waals surface area contributed by atoms with Crippen molar-refractivity contribution in [3.63, 3.8) is 0 Å². The summed E-state index contributed by atoms with van der Waals surface area (Å²) in [4.78, 5) is 44.4. The van der Waals surface area contributed by atoms with E-state index < -0.39 is 33.9 Å². The smallest absolute Gasteiger partial charge is 0.339 e. The summed E-state index contributed by atoms with van der Waals surface area (Å²) in [5, 5.41) is 20.6. The maximum Gasteiger partial charge on any atom is 0.339 e. The number of phenolic OH excluding ortho intramolecular Hbond substituents is 2. The Balaban J connectivity index is 2.50. The maximum absolute atomic E-state index is 12.1. The second kappa shape index (κ2) is 13.7. The van der Waals surface area contributed by atoms with Crippen molar-refractivity contribution in [2.45, 2.75) is 38.5 Å². The van der Waals surface area contributed by atoms with Crippen molar-refractivity contribution in [3.05, 3.63) is 59.7 Å². The molecule has 0 unspecified atom stereocenters. The number of aromatic hydroxyl groups is 2. The van der Waals surface area contributed by atoms with Crippen LogP contribution in [0.3, 0.4) is 0 Å². The van der Waals surface area contributed by atoms with Crippen LogP contribution in [0.2, 0.25) is 0 Å². The predicted molar refractivity (Wildman–Crippen MR) is 137 cm³/mol. The van der Waals surface area contributed by atoms with Crippen molar-refractivity contribution in [1.82, 2.24) is 14.7 Å². The second-order valence-corrected chi connectivity index (χ2v) is 12.4. The Labute approximate surface area is 211 Å². The molecule has 0 atom stereocenters. The largest absolute Gasteiger partial charge is 0.508 e. The Bertz CT molecular complexity index is 984. The fourth-order valence-corrected chi connectivity index (χ4v) is 5.57. The van der Waals surface area contributed by atoms with Gasteiger partial charge < -0.3 is 34.7 Å². The molecule has 0 aliphatic heterocycles. The van der Waals surface area contributed by atoms with E-state index in [1.165, 1.54) is 21.9 Å². The normalized spacial score (nSPS) is 12.8. The third kappa shape index (κ3) is 11.1. The first kappa shape index (κ1) is 30.4. The fourth-order valence-electron chi connectivity index (χ4n) is 4.05. The van der Waals surface area contributed by atoms with Gasteiger partial charge in [-0.2, -0.15) is 0 Å². The quantitative estimate of drug-likeness (QED) is 0.111. The molecule has 202 valence electrons. The summed E-state index contributed by atoms with van der Waals surface area (Å²) in [6.45, 7) is 0.645. The zero-order valence-corrected chi connectivity index (χ0v) is 22.4. The van der Waals surface area contributed by atoms with Crippen LogP contribution >= 0.6 is 15.2 Å². The Morgan fingerprint density at radius 2 is 1.14 bits per heavy atom.